The van der Waals surface area contributed by atoms with Crippen LogP contribution in [-0.2, 0) is 0 Å². The van der Waals surface area contributed by atoms with Crippen LogP contribution in [0.1, 0.15) is 58.3 Å². The molecule has 2 heteroatoms. The molecule has 0 radical (unpaired) electrons. The largest absolute Gasteiger partial charge is 0.396 e. The number of aliphatic hydroxyl groups is 1. The van der Waals surface area contributed by atoms with Crippen LogP contribution in [0.4, 0.5) is 0 Å². The molecule has 0 aliphatic heterocycles. The summed E-state index contributed by atoms with van der Waals surface area (Å²) in [6, 6.07) is 0. The molecule has 0 spiro atoms. The van der Waals surface area contributed by atoms with E-state index in [9.17, 15) is 0 Å². The highest BCUT2D eigenvalue weighted by atomic mass is 16.2. The predicted molar refractivity (Wildman–Crippen MR) is 71.5 cm³/mol. The average molecular weight is 230 g/mol. The van der Waals surface area contributed by atoms with Gasteiger partial charge in [0.1, 0.15) is 0 Å². The second-order valence-electron chi connectivity index (χ2n) is 5.58. The molecular weight excluding hydrogens is 198 g/mol. The van der Waals surface area contributed by atoms with Gasteiger partial charge in [0.05, 0.1) is 27.2 Å². The number of rotatable bonds is 11. The Hall–Kier alpha value is -0.0800. The molecule has 0 rings (SSSR count). The molecule has 0 heterocycles. The number of quaternary nitrogens is 1. The second kappa shape index (κ2) is 10.1. The smallest absolute Gasteiger partial charge is 0.0782 e. The maximum Gasteiger partial charge on any atom is 0.0782 e. The molecular formula is C14H32NO+. The van der Waals surface area contributed by atoms with Gasteiger partial charge in [-0.15, -0.1) is 0 Å². The van der Waals surface area contributed by atoms with Crippen LogP contribution >= 0.6 is 0 Å². The Kier molecular flexibility index (Phi) is 10.0. The Morgan fingerprint density at radius 2 is 1.25 bits per heavy atom. The van der Waals surface area contributed by atoms with Crippen molar-refractivity contribution >= 4 is 0 Å². The van der Waals surface area contributed by atoms with Crippen molar-refractivity contribution in [2.45, 2.75) is 58.3 Å². The summed E-state index contributed by atoms with van der Waals surface area (Å²) in [6.45, 7) is 5.18. The summed E-state index contributed by atoms with van der Waals surface area (Å²) in [5.74, 6) is 0. The van der Waals surface area contributed by atoms with Gasteiger partial charge in [0.25, 0.3) is 0 Å². The van der Waals surface area contributed by atoms with Gasteiger partial charge < -0.3 is 9.59 Å². The summed E-state index contributed by atoms with van der Waals surface area (Å²) in [7, 11) is 4.66. The minimum Gasteiger partial charge on any atom is -0.396 e. The van der Waals surface area contributed by atoms with E-state index in [-0.39, 0.29) is 0 Å². The van der Waals surface area contributed by atoms with E-state index in [0.29, 0.717) is 6.61 Å². The normalized spacial score (nSPS) is 12.0. The molecule has 0 saturated carbocycles. The average Bonchev–Trinajstić information content (AvgIpc) is 2.24. The first-order chi connectivity index (χ1) is 7.62. The Morgan fingerprint density at radius 3 is 1.75 bits per heavy atom. The predicted octanol–water partition coefficient (Wildman–Crippen LogP) is 3.20. The van der Waals surface area contributed by atoms with Gasteiger partial charge in [-0.1, -0.05) is 26.2 Å². The van der Waals surface area contributed by atoms with Crippen molar-refractivity contribution < 1.29 is 9.59 Å². The Bertz CT molecular complexity index is 146. The van der Waals surface area contributed by atoms with E-state index in [4.69, 9.17) is 5.11 Å². The number of aliphatic hydroxyl groups excluding tert-OH is 1. The number of unbranched alkanes of at least 4 members (excludes halogenated alkanes) is 6. The monoisotopic (exact) mass is 230 g/mol. The standard InChI is InChI=1S/C14H32NO/c1-4-5-6-7-9-12-15(2,3)13-10-8-11-14-16/h16H,4-14H2,1-3H3/q+1. The molecule has 0 aromatic carbocycles. The van der Waals surface area contributed by atoms with Crippen molar-refractivity contribution in [1.82, 2.24) is 0 Å². The van der Waals surface area contributed by atoms with Crippen molar-refractivity contribution in [2.24, 2.45) is 0 Å². The highest BCUT2D eigenvalue weighted by Gasteiger charge is 2.13. The quantitative estimate of drug-likeness (QED) is 0.427. The summed E-state index contributed by atoms with van der Waals surface area (Å²) in [5, 5.41) is 8.71. The van der Waals surface area contributed by atoms with Crippen LogP contribution < -0.4 is 0 Å². The van der Waals surface area contributed by atoms with Gasteiger partial charge in [-0.05, 0) is 32.1 Å². The number of nitrogens with zero attached hydrogens (tertiary/aromatic N) is 1. The summed E-state index contributed by atoms with van der Waals surface area (Å²) < 4.78 is 1.15. The summed E-state index contributed by atoms with van der Waals surface area (Å²) in [6.07, 6.45) is 10.3. The van der Waals surface area contributed by atoms with Gasteiger partial charge in [0.15, 0.2) is 0 Å². The summed E-state index contributed by atoms with van der Waals surface area (Å²) >= 11 is 0. The molecule has 0 aliphatic carbocycles. The molecule has 0 amide bonds. The van der Waals surface area contributed by atoms with E-state index in [1.165, 1.54) is 58.0 Å². The zero-order chi connectivity index (χ0) is 12.3. The SMILES string of the molecule is CCCCCCC[N+](C)(C)CCCCCO. The molecule has 16 heavy (non-hydrogen) atoms. The molecule has 98 valence electrons. The van der Waals surface area contributed by atoms with Gasteiger partial charge in [-0.25, -0.2) is 0 Å². The molecule has 0 aliphatic rings. The summed E-state index contributed by atoms with van der Waals surface area (Å²) in [4.78, 5) is 0. The van der Waals surface area contributed by atoms with Gasteiger partial charge >= 0.3 is 0 Å². The lowest BCUT2D eigenvalue weighted by Gasteiger charge is -2.30. The van der Waals surface area contributed by atoms with Crippen molar-refractivity contribution in [2.75, 3.05) is 33.8 Å². The minimum atomic E-state index is 0.352. The topological polar surface area (TPSA) is 20.2 Å². The zero-order valence-electron chi connectivity index (χ0n) is 11.7. The van der Waals surface area contributed by atoms with Gasteiger partial charge in [0, 0.05) is 6.61 Å². The first kappa shape index (κ1) is 15.9. The van der Waals surface area contributed by atoms with Gasteiger partial charge in [-0.2, -0.15) is 0 Å². The van der Waals surface area contributed by atoms with Crippen molar-refractivity contribution in [3.05, 3.63) is 0 Å². The Morgan fingerprint density at radius 1 is 0.750 bits per heavy atom. The fourth-order valence-corrected chi connectivity index (χ4v) is 2.08. The van der Waals surface area contributed by atoms with E-state index in [0.717, 1.165) is 10.9 Å². The molecule has 2 nitrogen and oxygen atoms in total. The highest BCUT2D eigenvalue weighted by Crippen LogP contribution is 2.08. The third kappa shape index (κ3) is 10.4. The number of hydrogen-bond donors (Lipinski definition) is 1. The molecule has 0 aromatic heterocycles. The van der Waals surface area contributed by atoms with Gasteiger partial charge in [0.2, 0.25) is 0 Å². The van der Waals surface area contributed by atoms with Crippen LogP contribution in [0.25, 0.3) is 0 Å². The first-order valence-corrected chi connectivity index (χ1v) is 7.05. The third-order valence-corrected chi connectivity index (χ3v) is 3.29. The molecule has 0 saturated heterocycles. The third-order valence-electron chi connectivity index (χ3n) is 3.29. The van der Waals surface area contributed by atoms with Crippen LogP contribution in [0, 0.1) is 0 Å². The van der Waals surface area contributed by atoms with E-state index >= 15 is 0 Å². The van der Waals surface area contributed by atoms with Crippen LogP contribution in [0.5, 0.6) is 0 Å². The van der Waals surface area contributed by atoms with Gasteiger partial charge in [-0.3, -0.25) is 0 Å². The fourth-order valence-electron chi connectivity index (χ4n) is 2.08. The van der Waals surface area contributed by atoms with Crippen molar-refractivity contribution in [1.29, 1.82) is 0 Å². The molecule has 1 N–H and O–H groups in total. The zero-order valence-corrected chi connectivity index (χ0v) is 11.7. The Balaban J connectivity index is 3.38. The number of hydrogen-bond acceptors (Lipinski definition) is 1. The van der Waals surface area contributed by atoms with Crippen molar-refractivity contribution in [3.63, 3.8) is 0 Å². The molecule has 0 bridgehead atoms. The van der Waals surface area contributed by atoms with Crippen LogP contribution in [-0.4, -0.2) is 43.4 Å². The minimum absolute atomic E-state index is 0.352. The maximum atomic E-state index is 8.71. The maximum absolute atomic E-state index is 8.71. The molecule has 0 unspecified atom stereocenters. The van der Waals surface area contributed by atoms with Crippen LogP contribution in [0.3, 0.4) is 0 Å². The van der Waals surface area contributed by atoms with E-state index < -0.39 is 0 Å². The molecule has 0 atom stereocenters. The lowest BCUT2D eigenvalue weighted by molar-refractivity contribution is -0.890. The van der Waals surface area contributed by atoms with Crippen LogP contribution in [0.2, 0.25) is 0 Å². The fraction of sp³-hybridized carbons (Fsp3) is 1.00. The molecule has 0 aromatic rings. The van der Waals surface area contributed by atoms with E-state index in [1.807, 2.05) is 0 Å². The molecule has 0 fully saturated rings. The lowest BCUT2D eigenvalue weighted by Crippen LogP contribution is -2.41. The van der Waals surface area contributed by atoms with E-state index in [2.05, 4.69) is 21.0 Å². The van der Waals surface area contributed by atoms with E-state index in [1.54, 1.807) is 0 Å². The Labute approximate surface area is 102 Å². The second-order valence-corrected chi connectivity index (χ2v) is 5.58. The first-order valence-electron chi connectivity index (χ1n) is 7.05. The van der Waals surface area contributed by atoms with Crippen LogP contribution in [0.15, 0.2) is 0 Å². The lowest BCUT2D eigenvalue weighted by atomic mass is 10.1. The summed E-state index contributed by atoms with van der Waals surface area (Å²) in [5.41, 5.74) is 0. The van der Waals surface area contributed by atoms with Crippen molar-refractivity contribution in [3.8, 4) is 0 Å². The highest BCUT2D eigenvalue weighted by molar-refractivity contribution is 4.44.